The van der Waals surface area contributed by atoms with Gasteiger partial charge < -0.3 is 9.94 Å². The topological polar surface area (TPSA) is 88.1 Å². The van der Waals surface area contributed by atoms with E-state index in [0.29, 0.717) is 24.7 Å². The Morgan fingerprint density at radius 1 is 1.00 bits per heavy atom. The average Bonchev–Trinajstić information content (AvgIpc) is 3.28. The van der Waals surface area contributed by atoms with Crippen LogP contribution in [0.2, 0.25) is 0 Å². The molecule has 0 saturated heterocycles. The quantitative estimate of drug-likeness (QED) is 0.668. The number of carbonyl (C=O) groups is 2. The van der Waals surface area contributed by atoms with Crippen molar-refractivity contribution < 1.29 is 24.4 Å². The fourth-order valence-electron chi connectivity index (χ4n) is 3.15. The molecular weight excluding hydrogens is 360 g/mol. The van der Waals surface area contributed by atoms with Crippen molar-refractivity contribution in [3.8, 4) is 0 Å². The third kappa shape index (κ3) is 14.3. The van der Waals surface area contributed by atoms with Crippen LogP contribution in [0.1, 0.15) is 64.2 Å². The Labute approximate surface area is 164 Å². The van der Waals surface area contributed by atoms with Crippen LogP contribution >= 0.6 is 12.4 Å². The summed E-state index contributed by atoms with van der Waals surface area (Å²) in [7, 11) is 6.46. The van der Waals surface area contributed by atoms with Gasteiger partial charge in [-0.15, -0.1) is 12.4 Å². The zero-order valence-electron chi connectivity index (χ0n) is 16.7. The molecule has 0 atom stereocenters. The lowest BCUT2D eigenvalue weighted by atomic mass is 10.0. The van der Waals surface area contributed by atoms with Crippen molar-refractivity contribution in [1.29, 1.82) is 0 Å². The van der Waals surface area contributed by atoms with Crippen LogP contribution in [0.4, 0.5) is 0 Å². The van der Waals surface area contributed by atoms with Gasteiger partial charge in [0.25, 0.3) is 0 Å². The fourth-order valence-corrected chi connectivity index (χ4v) is 3.15. The third-order valence-corrected chi connectivity index (χ3v) is 4.71. The molecule has 2 aliphatic carbocycles. The van der Waals surface area contributed by atoms with Crippen LogP contribution in [0.25, 0.3) is 0 Å². The molecule has 2 saturated carbocycles. The summed E-state index contributed by atoms with van der Waals surface area (Å²) in [5, 5.41) is 9.69. The maximum atomic E-state index is 11.3. The first kappa shape index (κ1) is 27.3. The molecule has 0 spiro atoms. The molecule has 0 heterocycles. The van der Waals surface area contributed by atoms with Crippen molar-refractivity contribution >= 4 is 24.3 Å². The molecule has 0 aromatic heterocycles. The zero-order chi connectivity index (χ0) is 19.1. The van der Waals surface area contributed by atoms with Gasteiger partial charge in [-0.25, -0.2) is 10.5 Å². The highest BCUT2D eigenvalue weighted by Crippen LogP contribution is 2.28. The average molecular weight is 397 g/mol. The van der Waals surface area contributed by atoms with Crippen molar-refractivity contribution in [3.63, 3.8) is 0 Å². The Bertz CT molecular complexity index is 357. The van der Waals surface area contributed by atoms with Crippen LogP contribution in [-0.2, 0) is 19.3 Å². The minimum absolute atomic E-state index is 0. The molecule has 0 aromatic carbocycles. The number of carboxylic acids is 1. The van der Waals surface area contributed by atoms with Gasteiger partial charge in [0.05, 0.1) is 14.2 Å². The Morgan fingerprint density at radius 3 is 1.69 bits per heavy atom. The van der Waals surface area contributed by atoms with E-state index in [1.54, 1.807) is 21.2 Å². The summed E-state index contributed by atoms with van der Waals surface area (Å²) in [6.45, 7) is 0. The predicted molar refractivity (Wildman–Crippen MR) is 104 cm³/mol. The van der Waals surface area contributed by atoms with Crippen LogP contribution in [0.3, 0.4) is 0 Å². The van der Waals surface area contributed by atoms with Crippen molar-refractivity contribution in [2.24, 2.45) is 11.8 Å². The van der Waals surface area contributed by atoms with Gasteiger partial charge in [0.1, 0.15) is 0 Å². The van der Waals surface area contributed by atoms with Gasteiger partial charge in [-0.3, -0.25) is 14.4 Å². The summed E-state index contributed by atoms with van der Waals surface area (Å²) in [5.41, 5.74) is 2.43. The van der Waals surface area contributed by atoms with E-state index in [4.69, 9.17) is 9.94 Å². The lowest BCUT2D eigenvalue weighted by Gasteiger charge is -2.15. The predicted octanol–water partition coefficient (Wildman–Crippen LogP) is 3.43. The van der Waals surface area contributed by atoms with E-state index >= 15 is 0 Å². The monoisotopic (exact) mass is 396 g/mol. The molecule has 7 nitrogen and oxygen atoms in total. The molecule has 0 aromatic rings. The Balaban J connectivity index is 0. The summed E-state index contributed by atoms with van der Waals surface area (Å²) in [6, 6.07) is 0. The number of aliphatic carboxylic acids is 1. The van der Waals surface area contributed by atoms with E-state index in [9.17, 15) is 9.59 Å². The van der Waals surface area contributed by atoms with Gasteiger partial charge in [-0.05, 0) is 37.5 Å². The first-order valence-corrected chi connectivity index (χ1v) is 9.16. The van der Waals surface area contributed by atoms with E-state index in [1.807, 2.05) is 0 Å². The normalized spacial score (nSPS) is 16.6. The highest BCUT2D eigenvalue weighted by molar-refractivity contribution is 5.85. The maximum Gasteiger partial charge on any atom is 0.303 e. The number of carboxylic acid groups (broad SMARTS) is 1. The summed E-state index contributed by atoms with van der Waals surface area (Å²) < 4.78 is 0. The highest BCUT2D eigenvalue weighted by Gasteiger charge is 2.20. The number of nitrogens with one attached hydrogen (secondary N) is 1. The van der Waals surface area contributed by atoms with Crippen LogP contribution < -0.4 is 5.48 Å². The van der Waals surface area contributed by atoms with Crippen LogP contribution in [0.5, 0.6) is 0 Å². The van der Waals surface area contributed by atoms with Gasteiger partial charge in [0.2, 0.25) is 5.91 Å². The van der Waals surface area contributed by atoms with Crippen LogP contribution in [0, 0.1) is 11.8 Å². The Hall–Kier alpha value is -0.890. The first-order valence-electron chi connectivity index (χ1n) is 9.16. The second-order valence-corrected chi connectivity index (χ2v) is 6.58. The number of rotatable bonds is 6. The van der Waals surface area contributed by atoms with Crippen molar-refractivity contribution in [1.82, 2.24) is 10.5 Å². The van der Waals surface area contributed by atoms with Crippen molar-refractivity contribution in [2.45, 2.75) is 64.2 Å². The largest absolute Gasteiger partial charge is 0.481 e. The summed E-state index contributed by atoms with van der Waals surface area (Å²) in [4.78, 5) is 30.6. The molecule has 0 radical (unpaired) electrons. The van der Waals surface area contributed by atoms with Crippen molar-refractivity contribution in [3.05, 3.63) is 0 Å². The minimum atomic E-state index is -0.637. The van der Waals surface area contributed by atoms with Gasteiger partial charge in [-0.1, -0.05) is 25.7 Å². The summed E-state index contributed by atoms with van der Waals surface area (Å²) in [6.07, 6.45) is 10.8. The molecule has 2 fully saturated rings. The SMILES string of the molecule is CNOC.CON(C)C(=O)CC1CCCC1.Cl.O=C(O)CC1CCCC1. The standard InChI is InChI=1S/C9H17NO2.C7H12O2.C2H7NO.ClH/c1-10(12-2)9(11)7-8-5-3-4-6-8;8-7(9)5-6-3-1-2-4-6;1-3-4-2;/h8H,3-7H2,1-2H3;6H,1-5H2,(H,8,9);3H,1-2H3;1H. The van der Waals surface area contributed by atoms with Crippen LogP contribution in [-0.4, -0.2) is 50.4 Å². The summed E-state index contributed by atoms with van der Waals surface area (Å²) >= 11 is 0. The maximum absolute atomic E-state index is 11.3. The Kier molecular flexibility index (Phi) is 18.4. The van der Waals surface area contributed by atoms with Gasteiger partial charge in [0.15, 0.2) is 0 Å². The second kappa shape index (κ2) is 17.5. The number of carbonyl (C=O) groups excluding carboxylic acids is 1. The fraction of sp³-hybridized carbons (Fsp3) is 0.889. The number of hydrogen-bond acceptors (Lipinski definition) is 5. The first-order chi connectivity index (χ1) is 11.9. The van der Waals surface area contributed by atoms with E-state index < -0.39 is 5.97 Å². The molecule has 26 heavy (non-hydrogen) atoms. The highest BCUT2D eigenvalue weighted by atomic mass is 35.5. The molecule has 156 valence electrons. The molecule has 8 heteroatoms. The molecule has 0 unspecified atom stereocenters. The van der Waals surface area contributed by atoms with E-state index in [-0.39, 0.29) is 18.3 Å². The second-order valence-electron chi connectivity index (χ2n) is 6.58. The number of nitrogens with zero attached hydrogens (tertiary/aromatic N) is 1. The number of hydroxylamine groups is 3. The molecule has 2 rings (SSSR count). The van der Waals surface area contributed by atoms with Gasteiger partial charge >= 0.3 is 5.97 Å². The van der Waals surface area contributed by atoms with Gasteiger partial charge in [0, 0.05) is 26.9 Å². The molecule has 1 amide bonds. The molecule has 2 aliphatic rings. The summed E-state index contributed by atoms with van der Waals surface area (Å²) in [5.74, 6) is 0.559. The van der Waals surface area contributed by atoms with E-state index in [1.165, 1.54) is 50.7 Å². The smallest absolute Gasteiger partial charge is 0.303 e. The van der Waals surface area contributed by atoms with E-state index in [0.717, 1.165) is 12.8 Å². The zero-order valence-corrected chi connectivity index (χ0v) is 17.5. The lowest BCUT2D eigenvalue weighted by molar-refractivity contribution is -0.169. The minimum Gasteiger partial charge on any atom is -0.481 e. The molecule has 2 N–H and O–H groups in total. The molecule has 0 aliphatic heterocycles. The van der Waals surface area contributed by atoms with Crippen LogP contribution in [0.15, 0.2) is 0 Å². The van der Waals surface area contributed by atoms with E-state index in [2.05, 4.69) is 10.3 Å². The molecule has 0 bridgehead atoms. The van der Waals surface area contributed by atoms with Crippen molar-refractivity contribution in [2.75, 3.05) is 28.3 Å². The van der Waals surface area contributed by atoms with Gasteiger partial charge in [-0.2, -0.15) is 0 Å². The number of hydrogen-bond donors (Lipinski definition) is 2. The number of amides is 1. The lowest BCUT2D eigenvalue weighted by Crippen LogP contribution is -2.26. The third-order valence-electron chi connectivity index (χ3n) is 4.71. The number of halogens is 1. The molecular formula is C18H37ClN2O5. The Morgan fingerprint density at radius 2 is 1.38 bits per heavy atom.